The summed E-state index contributed by atoms with van der Waals surface area (Å²) in [6.07, 6.45) is 0.718. The lowest BCUT2D eigenvalue weighted by Gasteiger charge is -2.31. The van der Waals surface area contributed by atoms with Crippen molar-refractivity contribution in [2.24, 2.45) is 0 Å². The standard InChI is InChI=1S/C20H17Cl2NO3/c1-3-12-6-18(24)26-19-14(12)8-17(22)20-15(19)9-23(10-25-20)13-5-4-11(2)16(21)7-13/h4-8H,3,9-10H2,1-2H3. The van der Waals surface area contributed by atoms with Crippen molar-refractivity contribution in [2.75, 3.05) is 11.6 Å². The minimum absolute atomic E-state index is 0.343. The Kier molecular flexibility index (Phi) is 4.33. The first-order valence-corrected chi connectivity index (χ1v) is 9.15. The zero-order valence-electron chi connectivity index (χ0n) is 14.4. The van der Waals surface area contributed by atoms with Gasteiger partial charge in [0.15, 0.2) is 6.73 Å². The van der Waals surface area contributed by atoms with Gasteiger partial charge in [0, 0.05) is 22.2 Å². The van der Waals surface area contributed by atoms with Gasteiger partial charge in [0.25, 0.3) is 0 Å². The van der Waals surface area contributed by atoms with Gasteiger partial charge in [-0.1, -0.05) is 36.2 Å². The Bertz CT molecular complexity index is 1070. The molecule has 3 aromatic rings. The summed E-state index contributed by atoms with van der Waals surface area (Å²) in [4.78, 5) is 14.0. The maximum absolute atomic E-state index is 12.0. The number of ether oxygens (including phenoxy) is 1. The molecule has 0 saturated carbocycles. The predicted molar refractivity (Wildman–Crippen MR) is 105 cm³/mol. The van der Waals surface area contributed by atoms with E-state index in [1.165, 1.54) is 6.07 Å². The average Bonchev–Trinajstić information content (AvgIpc) is 2.64. The number of benzene rings is 2. The van der Waals surface area contributed by atoms with E-state index in [9.17, 15) is 4.79 Å². The van der Waals surface area contributed by atoms with E-state index in [1.54, 1.807) is 0 Å². The second-order valence-electron chi connectivity index (χ2n) is 6.39. The number of aryl methyl sites for hydroxylation is 2. The average molecular weight is 390 g/mol. The number of halogens is 2. The highest BCUT2D eigenvalue weighted by atomic mass is 35.5. The Labute approximate surface area is 160 Å². The summed E-state index contributed by atoms with van der Waals surface area (Å²) in [7, 11) is 0. The first kappa shape index (κ1) is 17.3. The van der Waals surface area contributed by atoms with Gasteiger partial charge >= 0.3 is 5.63 Å². The normalized spacial score (nSPS) is 13.6. The van der Waals surface area contributed by atoms with E-state index in [4.69, 9.17) is 32.4 Å². The van der Waals surface area contributed by atoms with Crippen LogP contribution in [-0.4, -0.2) is 6.73 Å². The van der Waals surface area contributed by atoms with Gasteiger partial charge in [-0.2, -0.15) is 0 Å². The van der Waals surface area contributed by atoms with Crippen molar-refractivity contribution in [1.82, 2.24) is 0 Å². The van der Waals surface area contributed by atoms with E-state index in [-0.39, 0.29) is 5.63 Å². The molecule has 6 heteroatoms. The van der Waals surface area contributed by atoms with Gasteiger partial charge in [-0.05, 0) is 42.7 Å². The molecule has 0 amide bonds. The third-order valence-electron chi connectivity index (χ3n) is 4.74. The van der Waals surface area contributed by atoms with Crippen LogP contribution >= 0.6 is 23.2 Å². The number of rotatable bonds is 2. The van der Waals surface area contributed by atoms with Gasteiger partial charge in [-0.15, -0.1) is 0 Å². The SMILES string of the molecule is CCc1cc(=O)oc2c3c(c(Cl)cc12)OCN(c1ccc(C)c(Cl)c1)C3. The van der Waals surface area contributed by atoms with Crippen LogP contribution in [0.3, 0.4) is 0 Å². The van der Waals surface area contributed by atoms with E-state index in [0.717, 1.165) is 34.2 Å². The van der Waals surface area contributed by atoms with Gasteiger partial charge in [-0.3, -0.25) is 0 Å². The van der Waals surface area contributed by atoms with Crippen LogP contribution in [0.2, 0.25) is 10.0 Å². The van der Waals surface area contributed by atoms with Gasteiger partial charge in [-0.25, -0.2) is 4.79 Å². The van der Waals surface area contributed by atoms with Crippen molar-refractivity contribution >= 4 is 39.9 Å². The summed E-state index contributed by atoms with van der Waals surface area (Å²) in [6.45, 7) is 4.82. The lowest BCUT2D eigenvalue weighted by molar-refractivity contribution is 0.289. The topological polar surface area (TPSA) is 42.7 Å². The number of nitrogens with zero attached hydrogens (tertiary/aromatic N) is 1. The fraction of sp³-hybridized carbons (Fsp3) is 0.250. The zero-order valence-corrected chi connectivity index (χ0v) is 15.9. The van der Waals surface area contributed by atoms with Crippen molar-refractivity contribution in [3.63, 3.8) is 0 Å². The molecule has 0 unspecified atom stereocenters. The summed E-state index contributed by atoms with van der Waals surface area (Å²) in [5, 5.41) is 2.07. The molecule has 0 aliphatic carbocycles. The predicted octanol–water partition coefficient (Wildman–Crippen LogP) is 5.33. The second kappa shape index (κ2) is 6.53. The Hall–Kier alpha value is -2.17. The summed E-state index contributed by atoms with van der Waals surface area (Å²) in [5.41, 5.74) is 3.82. The summed E-state index contributed by atoms with van der Waals surface area (Å²) in [6, 6.07) is 9.21. The minimum atomic E-state index is -0.366. The monoisotopic (exact) mass is 389 g/mol. The summed E-state index contributed by atoms with van der Waals surface area (Å²) in [5.74, 6) is 0.574. The van der Waals surface area contributed by atoms with Crippen LogP contribution in [0.15, 0.2) is 39.5 Å². The quantitative estimate of drug-likeness (QED) is 0.555. The molecule has 0 N–H and O–H groups in total. The molecule has 134 valence electrons. The zero-order chi connectivity index (χ0) is 18.4. The highest BCUT2D eigenvalue weighted by Gasteiger charge is 2.25. The number of hydrogen-bond donors (Lipinski definition) is 0. The first-order valence-electron chi connectivity index (χ1n) is 8.40. The molecule has 2 aromatic carbocycles. The van der Waals surface area contributed by atoms with Gasteiger partial charge in [0.05, 0.1) is 17.1 Å². The van der Waals surface area contributed by atoms with Crippen LogP contribution in [0.1, 0.15) is 23.6 Å². The molecule has 0 spiro atoms. The second-order valence-corrected chi connectivity index (χ2v) is 7.21. The molecule has 26 heavy (non-hydrogen) atoms. The Balaban J connectivity index is 1.87. The van der Waals surface area contributed by atoms with Gasteiger partial charge < -0.3 is 14.1 Å². The van der Waals surface area contributed by atoms with Crippen LogP contribution in [0.5, 0.6) is 5.75 Å². The molecule has 1 aromatic heterocycles. The van der Waals surface area contributed by atoms with E-state index in [0.29, 0.717) is 34.7 Å². The van der Waals surface area contributed by atoms with Gasteiger partial charge in [0.1, 0.15) is 11.3 Å². The molecule has 0 fully saturated rings. The highest BCUT2D eigenvalue weighted by molar-refractivity contribution is 6.33. The lowest BCUT2D eigenvalue weighted by atomic mass is 10.0. The third-order valence-corrected chi connectivity index (χ3v) is 5.42. The number of hydrogen-bond acceptors (Lipinski definition) is 4. The molecule has 4 rings (SSSR count). The molecular weight excluding hydrogens is 373 g/mol. The molecular formula is C20H17Cl2NO3. The van der Waals surface area contributed by atoms with Crippen LogP contribution < -0.4 is 15.3 Å². The Morgan fingerprint density at radius 1 is 1.15 bits per heavy atom. The van der Waals surface area contributed by atoms with Crippen LogP contribution in [0.4, 0.5) is 5.69 Å². The van der Waals surface area contributed by atoms with Crippen molar-refractivity contribution in [1.29, 1.82) is 0 Å². The van der Waals surface area contributed by atoms with Gasteiger partial charge in [0.2, 0.25) is 0 Å². The number of anilines is 1. The van der Waals surface area contributed by atoms with E-state index in [1.807, 2.05) is 43.0 Å². The highest BCUT2D eigenvalue weighted by Crippen LogP contribution is 2.40. The molecule has 0 bridgehead atoms. The molecule has 0 saturated heterocycles. The van der Waals surface area contributed by atoms with Crippen LogP contribution in [0.25, 0.3) is 11.0 Å². The van der Waals surface area contributed by atoms with E-state index < -0.39 is 0 Å². The third kappa shape index (κ3) is 2.83. The lowest BCUT2D eigenvalue weighted by Crippen LogP contribution is -2.32. The molecule has 1 aliphatic heterocycles. The largest absolute Gasteiger partial charge is 0.471 e. The van der Waals surface area contributed by atoms with Crippen molar-refractivity contribution in [3.05, 3.63) is 67.5 Å². The van der Waals surface area contributed by atoms with Crippen LogP contribution in [-0.2, 0) is 13.0 Å². The minimum Gasteiger partial charge on any atom is -0.471 e. The summed E-state index contributed by atoms with van der Waals surface area (Å²) < 4.78 is 11.4. The van der Waals surface area contributed by atoms with E-state index >= 15 is 0 Å². The Morgan fingerprint density at radius 2 is 1.96 bits per heavy atom. The van der Waals surface area contributed by atoms with Crippen molar-refractivity contribution in [3.8, 4) is 5.75 Å². The molecule has 2 heterocycles. The molecule has 4 nitrogen and oxygen atoms in total. The molecule has 0 atom stereocenters. The summed E-state index contributed by atoms with van der Waals surface area (Å²) >= 11 is 12.7. The maximum Gasteiger partial charge on any atom is 0.336 e. The smallest absolute Gasteiger partial charge is 0.336 e. The fourth-order valence-corrected chi connectivity index (χ4v) is 3.74. The molecule has 1 aliphatic rings. The Morgan fingerprint density at radius 3 is 2.69 bits per heavy atom. The van der Waals surface area contributed by atoms with Crippen molar-refractivity contribution in [2.45, 2.75) is 26.8 Å². The van der Waals surface area contributed by atoms with Crippen molar-refractivity contribution < 1.29 is 9.15 Å². The molecule has 0 radical (unpaired) electrons. The fourth-order valence-electron chi connectivity index (χ4n) is 3.29. The van der Waals surface area contributed by atoms with E-state index in [2.05, 4.69) is 0 Å². The van der Waals surface area contributed by atoms with Crippen LogP contribution in [0, 0.1) is 6.92 Å². The first-order chi connectivity index (χ1) is 12.5. The maximum atomic E-state index is 12.0. The number of fused-ring (bicyclic) bond motifs is 3.